The summed E-state index contributed by atoms with van der Waals surface area (Å²) in [4.78, 5) is 30.3. The van der Waals surface area contributed by atoms with Crippen LogP contribution in [0.25, 0.3) is 0 Å². The summed E-state index contributed by atoms with van der Waals surface area (Å²) in [5.74, 6) is 0.748. The molecule has 2 aliphatic rings. The molecule has 0 spiro atoms. The standard InChI is InChI=1S/C21H20ClFN2O4/c22-17-9-15(23)1-2-19(17)28-11-13-3-5-25(6-4-13)21(27)18-8-14-7-16(26)12-29-20(14)10-24-18/h1-2,8-10,13H,3-7,11-12H2. The average molecular weight is 419 g/mol. The van der Waals surface area contributed by atoms with E-state index in [0.29, 0.717) is 42.5 Å². The lowest BCUT2D eigenvalue weighted by Crippen LogP contribution is -2.40. The summed E-state index contributed by atoms with van der Waals surface area (Å²) in [5, 5.41) is 0.249. The Morgan fingerprint density at radius 3 is 2.86 bits per heavy atom. The summed E-state index contributed by atoms with van der Waals surface area (Å²) in [5.41, 5.74) is 1.04. The monoisotopic (exact) mass is 418 g/mol. The summed E-state index contributed by atoms with van der Waals surface area (Å²) in [7, 11) is 0. The maximum Gasteiger partial charge on any atom is 0.272 e. The van der Waals surface area contributed by atoms with Gasteiger partial charge >= 0.3 is 0 Å². The van der Waals surface area contributed by atoms with Crippen molar-refractivity contribution in [1.82, 2.24) is 9.88 Å². The molecule has 152 valence electrons. The van der Waals surface area contributed by atoms with Crippen molar-refractivity contribution in [3.63, 3.8) is 0 Å². The third kappa shape index (κ3) is 4.50. The highest BCUT2D eigenvalue weighted by Crippen LogP contribution is 2.28. The van der Waals surface area contributed by atoms with Crippen molar-refractivity contribution >= 4 is 23.3 Å². The minimum atomic E-state index is -0.402. The van der Waals surface area contributed by atoms with Crippen LogP contribution in [0.5, 0.6) is 11.5 Å². The molecule has 6 nitrogen and oxygen atoms in total. The number of Topliss-reactive ketones (excluding diaryl/α,β-unsaturated/α-hetero) is 1. The molecule has 0 bridgehead atoms. The van der Waals surface area contributed by atoms with Gasteiger partial charge in [-0.3, -0.25) is 9.59 Å². The van der Waals surface area contributed by atoms with Gasteiger partial charge in [0.2, 0.25) is 0 Å². The van der Waals surface area contributed by atoms with Crippen molar-refractivity contribution < 1.29 is 23.5 Å². The van der Waals surface area contributed by atoms with Crippen molar-refractivity contribution in [3.8, 4) is 11.5 Å². The fourth-order valence-electron chi connectivity index (χ4n) is 3.56. The number of fused-ring (bicyclic) bond motifs is 1. The van der Waals surface area contributed by atoms with Gasteiger partial charge in [-0.25, -0.2) is 9.37 Å². The number of ether oxygens (including phenoxy) is 2. The largest absolute Gasteiger partial charge is 0.492 e. The van der Waals surface area contributed by atoms with Crippen molar-refractivity contribution in [2.75, 3.05) is 26.3 Å². The second kappa shape index (κ2) is 8.37. The van der Waals surface area contributed by atoms with Gasteiger partial charge in [0.1, 0.15) is 29.6 Å². The molecule has 3 heterocycles. The smallest absolute Gasteiger partial charge is 0.272 e. The minimum Gasteiger partial charge on any atom is -0.492 e. The van der Waals surface area contributed by atoms with E-state index in [-0.39, 0.29) is 35.7 Å². The first kappa shape index (κ1) is 19.6. The number of ketones is 1. The molecule has 1 amide bonds. The topological polar surface area (TPSA) is 68.7 Å². The second-order valence-corrected chi connectivity index (χ2v) is 7.71. The highest BCUT2D eigenvalue weighted by atomic mass is 35.5. The van der Waals surface area contributed by atoms with Crippen LogP contribution in [0.15, 0.2) is 30.5 Å². The second-order valence-electron chi connectivity index (χ2n) is 7.30. The number of carbonyl (C=O) groups is 2. The molecule has 0 aliphatic carbocycles. The molecule has 1 fully saturated rings. The Morgan fingerprint density at radius 2 is 2.10 bits per heavy atom. The van der Waals surface area contributed by atoms with Crippen LogP contribution in [0.2, 0.25) is 5.02 Å². The number of carbonyl (C=O) groups excluding carboxylic acids is 2. The van der Waals surface area contributed by atoms with Gasteiger partial charge in [-0.15, -0.1) is 0 Å². The lowest BCUT2D eigenvalue weighted by Gasteiger charge is -2.32. The minimum absolute atomic E-state index is 0.0100. The number of piperidine rings is 1. The number of aromatic nitrogens is 1. The van der Waals surface area contributed by atoms with Crippen LogP contribution >= 0.6 is 11.6 Å². The molecule has 8 heteroatoms. The third-order valence-electron chi connectivity index (χ3n) is 5.21. The molecule has 0 atom stereocenters. The van der Waals surface area contributed by atoms with Crippen LogP contribution in [-0.2, 0) is 11.2 Å². The summed E-state index contributed by atoms with van der Waals surface area (Å²) in [6, 6.07) is 5.71. The van der Waals surface area contributed by atoms with Crippen molar-refractivity contribution in [2.24, 2.45) is 5.92 Å². The molecule has 4 rings (SSSR count). The molecular formula is C21H20ClFN2O4. The number of rotatable bonds is 4. The van der Waals surface area contributed by atoms with E-state index in [1.807, 2.05) is 0 Å². The van der Waals surface area contributed by atoms with Crippen LogP contribution in [0, 0.1) is 11.7 Å². The molecule has 29 heavy (non-hydrogen) atoms. The van der Waals surface area contributed by atoms with Gasteiger partial charge in [-0.05, 0) is 43.0 Å². The molecule has 0 saturated carbocycles. The molecule has 1 aromatic heterocycles. The van der Waals surface area contributed by atoms with E-state index in [0.717, 1.165) is 12.8 Å². The van der Waals surface area contributed by atoms with E-state index < -0.39 is 5.82 Å². The fraction of sp³-hybridized carbons (Fsp3) is 0.381. The normalized spacial score (nSPS) is 16.9. The first-order valence-electron chi connectivity index (χ1n) is 9.50. The Kier molecular flexibility index (Phi) is 5.67. The summed E-state index contributed by atoms with van der Waals surface area (Å²) in [6.45, 7) is 1.71. The number of likely N-dealkylation sites (tertiary alicyclic amines) is 1. The van der Waals surface area contributed by atoms with E-state index in [1.165, 1.54) is 24.4 Å². The Labute approximate surface area is 172 Å². The van der Waals surface area contributed by atoms with Gasteiger partial charge in [0.25, 0.3) is 5.91 Å². The van der Waals surface area contributed by atoms with Crippen LogP contribution in [0.4, 0.5) is 4.39 Å². The number of amides is 1. The van der Waals surface area contributed by atoms with Crippen molar-refractivity contribution in [1.29, 1.82) is 0 Å². The van der Waals surface area contributed by atoms with E-state index >= 15 is 0 Å². The van der Waals surface area contributed by atoms with Gasteiger partial charge in [-0.2, -0.15) is 0 Å². The first-order chi connectivity index (χ1) is 14.0. The lowest BCUT2D eigenvalue weighted by molar-refractivity contribution is -0.121. The molecule has 1 aromatic carbocycles. The van der Waals surface area contributed by atoms with Gasteiger partial charge < -0.3 is 14.4 Å². The highest BCUT2D eigenvalue weighted by molar-refractivity contribution is 6.32. The molecular weight excluding hydrogens is 399 g/mol. The van der Waals surface area contributed by atoms with Crippen molar-refractivity contribution in [3.05, 3.63) is 52.6 Å². The zero-order valence-corrected chi connectivity index (χ0v) is 16.5. The maximum absolute atomic E-state index is 13.1. The van der Waals surface area contributed by atoms with Crippen LogP contribution in [0.3, 0.4) is 0 Å². The molecule has 1 saturated heterocycles. The van der Waals surface area contributed by atoms with Crippen LogP contribution in [0.1, 0.15) is 28.9 Å². The van der Waals surface area contributed by atoms with Crippen LogP contribution in [-0.4, -0.2) is 47.9 Å². The molecule has 2 aliphatic heterocycles. The predicted octanol–water partition coefficient (Wildman–Crippen LogP) is 3.31. The van der Waals surface area contributed by atoms with E-state index in [4.69, 9.17) is 21.1 Å². The number of hydrogen-bond donors (Lipinski definition) is 0. The summed E-state index contributed by atoms with van der Waals surface area (Å²) >= 11 is 5.98. The Morgan fingerprint density at radius 1 is 1.31 bits per heavy atom. The molecule has 0 radical (unpaired) electrons. The zero-order valence-electron chi connectivity index (χ0n) is 15.7. The number of pyridine rings is 1. The van der Waals surface area contributed by atoms with Crippen LogP contribution < -0.4 is 9.47 Å². The zero-order chi connectivity index (χ0) is 20.4. The molecule has 0 unspecified atom stereocenters. The highest BCUT2D eigenvalue weighted by Gasteiger charge is 2.26. The quantitative estimate of drug-likeness (QED) is 0.762. The van der Waals surface area contributed by atoms with Gasteiger partial charge in [0.15, 0.2) is 5.78 Å². The lowest BCUT2D eigenvalue weighted by atomic mass is 9.97. The van der Waals surface area contributed by atoms with Crippen molar-refractivity contribution in [2.45, 2.75) is 19.3 Å². The Hall–Kier alpha value is -2.67. The summed E-state index contributed by atoms with van der Waals surface area (Å²) in [6.07, 6.45) is 3.36. The van der Waals surface area contributed by atoms with E-state index in [1.54, 1.807) is 11.0 Å². The number of halogens is 2. The predicted molar refractivity (Wildman–Crippen MR) is 104 cm³/mol. The maximum atomic E-state index is 13.1. The number of nitrogens with zero attached hydrogens (tertiary/aromatic N) is 2. The van der Waals surface area contributed by atoms with E-state index in [2.05, 4.69) is 4.98 Å². The molecule has 0 N–H and O–H groups in total. The Bertz CT molecular complexity index is 944. The average Bonchev–Trinajstić information content (AvgIpc) is 2.72. The van der Waals surface area contributed by atoms with Gasteiger partial charge in [0.05, 0.1) is 17.8 Å². The summed E-state index contributed by atoms with van der Waals surface area (Å²) < 4.78 is 24.2. The third-order valence-corrected chi connectivity index (χ3v) is 5.51. The SMILES string of the molecule is O=C1COc2cnc(C(=O)N3CCC(COc4ccc(F)cc4Cl)CC3)cc2C1. The molecule has 2 aromatic rings. The number of hydrogen-bond acceptors (Lipinski definition) is 5. The van der Waals surface area contributed by atoms with E-state index in [9.17, 15) is 14.0 Å². The first-order valence-corrected chi connectivity index (χ1v) is 9.88. The fourth-order valence-corrected chi connectivity index (χ4v) is 3.78. The Balaban J connectivity index is 1.32. The van der Waals surface area contributed by atoms with Gasteiger partial charge in [0, 0.05) is 25.1 Å². The number of benzene rings is 1. The van der Waals surface area contributed by atoms with Gasteiger partial charge in [-0.1, -0.05) is 11.6 Å².